The lowest BCUT2D eigenvalue weighted by Gasteiger charge is -2.25. The molecule has 1 heterocycles. The van der Waals surface area contributed by atoms with Gasteiger partial charge in [0.2, 0.25) is 0 Å². The van der Waals surface area contributed by atoms with Gasteiger partial charge < -0.3 is 10.4 Å². The SMILES string of the molecule is Cc1cc(NCC2CCC(O)CC2)ncc1Br. The van der Waals surface area contributed by atoms with Crippen molar-refractivity contribution in [1.82, 2.24) is 4.98 Å². The molecule has 2 rings (SSSR count). The Hall–Kier alpha value is -0.610. The Balaban J connectivity index is 1.83. The molecule has 0 saturated heterocycles. The van der Waals surface area contributed by atoms with E-state index in [0.29, 0.717) is 5.92 Å². The third-order valence-corrected chi connectivity index (χ3v) is 4.27. The molecule has 1 aliphatic rings. The lowest BCUT2D eigenvalue weighted by molar-refractivity contribution is 0.111. The van der Waals surface area contributed by atoms with Crippen molar-refractivity contribution in [3.63, 3.8) is 0 Å². The van der Waals surface area contributed by atoms with Crippen molar-refractivity contribution in [2.75, 3.05) is 11.9 Å². The third kappa shape index (κ3) is 3.68. The van der Waals surface area contributed by atoms with Gasteiger partial charge in [0.05, 0.1) is 6.10 Å². The molecule has 0 aromatic carbocycles. The standard InChI is InChI=1S/C13H19BrN2O/c1-9-6-13(16-8-12(9)14)15-7-10-2-4-11(17)5-3-10/h6,8,10-11,17H,2-5,7H2,1H3,(H,15,16). The fraction of sp³-hybridized carbons (Fsp3) is 0.615. The van der Waals surface area contributed by atoms with Crippen LogP contribution in [0.2, 0.25) is 0 Å². The maximum atomic E-state index is 9.44. The van der Waals surface area contributed by atoms with E-state index in [2.05, 4.69) is 39.2 Å². The van der Waals surface area contributed by atoms with Gasteiger partial charge in [-0.25, -0.2) is 4.98 Å². The van der Waals surface area contributed by atoms with Crippen molar-refractivity contribution in [3.8, 4) is 0 Å². The molecule has 94 valence electrons. The highest BCUT2D eigenvalue weighted by Crippen LogP contribution is 2.24. The molecule has 0 aliphatic heterocycles. The van der Waals surface area contributed by atoms with Gasteiger partial charge in [-0.15, -0.1) is 0 Å². The van der Waals surface area contributed by atoms with E-state index in [1.807, 2.05) is 6.20 Å². The van der Waals surface area contributed by atoms with Gasteiger partial charge in [-0.1, -0.05) is 0 Å². The van der Waals surface area contributed by atoms with Crippen molar-refractivity contribution < 1.29 is 5.11 Å². The minimum absolute atomic E-state index is 0.0701. The second-order valence-electron chi connectivity index (χ2n) is 4.87. The average Bonchev–Trinajstić information content (AvgIpc) is 2.33. The predicted octanol–water partition coefficient (Wildman–Crippen LogP) is 3.12. The van der Waals surface area contributed by atoms with Gasteiger partial charge in [0, 0.05) is 17.2 Å². The molecule has 0 amide bonds. The van der Waals surface area contributed by atoms with Gasteiger partial charge in [0.25, 0.3) is 0 Å². The van der Waals surface area contributed by atoms with Crippen LogP contribution in [0.1, 0.15) is 31.2 Å². The maximum absolute atomic E-state index is 9.44. The highest BCUT2D eigenvalue weighted by Gasteiger charge is 2.18. The Labute approximate surface area is 111 Å². The van der Waals surface area contributed by atoms with Crippen LogP contribution in [0.3, 0.4) is 0 Å². The molecular formula is C13H19BrN2O. The number of rotatable bonds is 3. The van der Waals surface area contributed by atoms with Crippen LogP contribution in [0.4, 0.5) is 5.82 Å². The first-order chi connectivity index (χ1) is 8.15. The quantitative estimate of drug-likeness (QED) is 0.901. The summed E-state index contributed by atoms with van der Waals surface area (Å²) in [6, 6.07) is 2.06. The number of aryl methyl sites for hydroxylation is 1. The first-order valence-corrected chi connectivity index (χ1v) is 6.98. The minimum Gasteiger partial charge on any atom is -0.393 e. The van der Waals surface area contributed by atoms with Gasteiger partial charge in [-0.2, -0.15) is 0 Å². The Bertz CT molecular complexity index is 376. The normalized spacial score (nSPS) is 24.6. The smallest absolute Gasteiger partial charge is 0.126 e. The molecule has 3 nitrogen and oxygen atoms in total. The van der Waals surface area contributed by atoms with E-state index in [9.17, 15) is 5.11 Å². The Morgan fingerprint density at radius 1 is 1.41 bits per heavy atom. The van der Waals surface area contributed by atoms with Crippen LogP contribution in [-0.2, 0) is 0 Å². The fourth-order valence-electron chi connectivity index (χ4n) is 2.23. The maximum Gasteiger partial charge on any atom is 0.126 e. The van der Waals surface area contributed by atoms with Crippen molar-refractivity contribution in [1.29, 1.82) is 0 Å². The number of pyridine rings is 1. The molecule has 0 unspecified atom stereocenters. The molecule has 1 aromatic rings. The van der Waals surface area contributed by atoms with Crippen molar-refractivity contribution >= 4 is 21.7 Å². The second kappa shape index (κ2) is 5.83. The largest absolute Gasteiger partial charge is 0.393 e. The van der Waals surface area contributed by atoms with E-state index < -0.39 is 0 Å². The highest BCUT2D eigenvalue weighted by atomic mass is 79.9. The Morgan fingerprint density at radius 2 is 2.12 bits per heavy atom. The first-order valence-electron chi connectivity index (χ1n) is 6.19. The third-order valence-electron chi connectivity index (χ3n) is 3.44. The van der Waals surface area contributed by atoms with E-state index in [-0.39, 0.29) is 6.10 Å². The van der Waals surface area contributed by atoms with Crippen molar-refractivity contribution in [2.45, 2.75) is 38.7 Å². The molecule has 2 N–H and O–H groups in total. The van der Waals surface area contributed by atoms with Gasteiger partial charge >= 0.3 is 0 Å². The van der Waals surface area contributed by atoms with E-state index >= 15 is 0 Å². The Kier molecular flexibility index (Phi) is 4.40. The number of nitrogens with zero attached hydrogens (tertiary/aromatic N) is 1. The van der Waals surface area contributed by atoms with Crippen molar-refractivity contribution in [2.24, 2.45) is 5.92 Å². The summed E-state index contributed by atoms with van der Waals surface area (Å²) >= 11 is 3.45. The van der Waals surface area contributed by atoms with Gasteiger partial charge in [-0.05, 0) is 66.1 Å². The molecular weight excluding hydrogens is 280 g/mol. The molecule has 0 spiro atoms. The number of halogens is 1. The molecule has 0 atom stereocenters. The van der Waals surface area contributed by atoms with Gasteiger partial charge in [0.15, 0.2) is 0 Å². The number of nitrogens with one attached hydrogen (secondary N) is 1. The van der Waals surface area contributed by atoms with E-state index in [1.54, 1.807) is 0 Å². The lowest BCUT2D eigenvalue weighted by Crippen LogP contribution is -2.23. The molecule has 0 radical (unpaired) electrons. The molecule has 4 heteroatoms. The summed E-state index contributed by atoms with van der Waals surface area (Å²) in [7, 11) is 0. The Morgan fingerprint density at radius 3 is 2.76 bits per heavy atom. The van der Waals surface area contributed by atoms with Crippen LogP contribution < -0.4 is 5.32 Å². The summed E-state index contributed by atoms with van der Waals surface area (Å²) in [6.45, 7) is 3.02. The van der Waals surface area contributed by atoms with Gasteiger partial charge in [0.1, 0.15) is 5.82 Å². The topological polar surface area (TPSA) is 45.1 Å². The van der Waals surface area contributed by atoms with Crippen molar-refractivity contribution in [3.05, 3.63) is 22.3 Å². The molecule has 1 aliphatic carbocycles. The summed E-state index contributed by atoms with van der Waals surface area (Å²) in [5.41, 5.74) is 1.20. The highest BCUT2D eigenvalue weighted by molar-refractivity contribution is 9.10. The zero-order valence-corrected chi connectivity index (χ0v) is 11.7. The lowest BCUT2D eigenvalue weighted by atomic mass is 9.87. The summed E-state index contributed by atoms with van der Waals surface area (Å²) in [6.07, 6.45) is 5.88. The summed E-state index contributed by atoms with van der Waals surface area (Å²) in [5, 5.41) is 12.8. The number of hydrogen-bond donors (Lipinski definition) is 2. The number of aliphatic hydroxyl groups excluding tert-OH is 1. The molecule has 1 fully saturated rings. The summed E-state index contributed by atoms with van der Waals surface area (Å²) in [5.74, 6) is 1.61. The number of anilines is 1. The first kappa shape index (κ1) is 12.8. The van der Waals surface area contributed by atoms with Crippen LogP contribution in [0.5, 0.6) is 0 Å². The molecule has 1 aromatic heterocycles. The zero-order valence-electron chi connectivity index (χ0n) is 10.1. The fourth-order valence-corrected chi connectivity index (χ4v) is 2.45. The predicted molar refractivity (Wildman–Crippen MR) is 73.1 cm³/mol. The van der Waals surface area contributed by atoms with Crippen LogP contribution in [0.25, 0.3) is 0 Å². The van der Waals surface area contributed by atoms with E-state index in [4.69, 9.17) is 0 Å². The average molecular weight is 299 g/mol. The molecule has 0 bridgehead atoms. The van der Waals surface area contributed by atoms with E-state index in [1.165, 1.54) is 5.56 Å². The number of aliphatic hydroxyl groups is 1. The van der Waals surface area contributed by atoms with Crippen LogP contribution in [0.15, 0.2) is 16.7 Å². The van der Waals surface area contributed by atoms with Gasteiger partial charge in [-0.3, -0.25) is 0 Å². The molecule has 1 saturated carbocycles. The number of hydrogen-bond acceptors (Lipinski definition) is 3. The summed E-state index contributed by atoms with van der Waals surface area (Å²) in [4.78, 5) is 4.33. The second-order valence-corrected chi connectivity index (χ2v) is 5.73. The summed E-state index contributed by atoms with van der Waals surface area (Å²) < 4.78 is 1.05. The van der Waals surface area contributed by atoms with Crippen LogP contribution in [-0.4, -0.2) is 22.7 Å². The van der Waals surface area contributed by atoms with Crippen LogP contribution in [0, 0.1) is 12.8 Å². The van der Waals surface area contributed by atoms with E-state index in [0.717, 1.165) is 42.5 Å². The minimum atomic E-state index is -0.0701. The van der Waals surface area contributed by atoms with Crippen LogP contribution >= 0.6 is 15.9 Å². The monoisotopic (exact) mass is 298 g/mol. The number of aromatic nitrogens is 1. The zero-order chi connectivity index (χ0) is 12.3. The molecule has 17 heavy (non-hydrogen) atoms.